The molecular weight excluding hydrogens is 468 g/mol. The summed E-state index contributed by atoms with van der Waals surface area (Å²) in [6.07, 6.45) is 4.95. The van der Waals surface area contributed by atoms with Crippen LogP contribution in [-0.4, -0.2) is 41.3 Å². The molecule has 3 aromatic rings. The number of amides is 1. The third-order valence-corrected chi connectivity index (χ3v) is 7.87. The second-order valence-corrected chi connectivity index (χ2v) is 9.98. The highest BCUT2D eigenvalue weighted by Gasteiger charge is 2.27. The lowest BCUT2D eigenvalue weighted by Crippen LogP contribution is -2.27. The van der Waals surface area contributed by atoms with Crippen LogP contribution in [0.3, 0.4) is 0 Å². The molecule has 156 valence electrons. The Balaban J connectivity index is 1.49. The zero-order valence-electron chi connectivity index (χ0n) is 16.4. The lowest BCUT2D eigenvalue weighted by molar-refractivity contribution is 0.102. The van der Waals surface area contributed by atoms with Crippen LogP contribution in [0.25, 0.3) is 5.69 Å². The number of aromatic nitrogens is 2. The maximum atomic E-state index is 12.6. The number of nitrogens with zero attached hydrogens (tertiary/aromatic N) is 3. The average molecular weight is 489 g/mol. The molecule has 1 N–H and O–H groups in total. The summed E-state index contributed by atoms with van der Waals surface area (Å²) in [5.41, 5.74) is 2.69. The molecule has 2 aromatic carbocycles. The van der Waals surface area contributed by atoms with Crippen molar-refractivity contribution in [3.05, 3.63) is 70.7 Å². The van der Waals surface area contributed by atoms with Crippen molar-refractivity contribution in [1.82, 2.24) is 13.9 Å². The van der Waals surface area contributed by atoms with Gasteiger partial charge in [-0.2, -0.15) is 4.31 Å². The number of anilines is 1. The van der Waals surface area contributed by atoms with Crippen LogP contribution < -0.4 is 5.32 Å². The monoisotopic (exact) mass is 488 g/mol. The second-order valence-electron chi connectivity index (χ2n) is 7.19. The zero-order chi connectivity index (χ0) is 21.3. The van der Waals surface area contributed by atoms with E-state index in [1.54, 1.807) is 35.0 Å². The van der Waals surface area contributed by atoms with Crippen molar-refractivity contribution in [2.24, 2.45) is 0 Å². The molecule has 30 heavy (non-hydrogen) atoms. The topological polar surface area (TPSA) is 84.3 Å². The van der Waals surface area contributed by atoms with E-state index in [4.69, 9.17) is 0 Å². The van der Waals surface area contributed by atoms with E-state index in [2.05, 4.69) is 26.2 Å². The van der Waals surface area contributed by atoms with Crippen LogP contribution in [0.15, 0.2) is 64.4 Å². The van der Waals surface area contributed by atoms with E-state index in [1.807, 2.05) is 25.1 Å². The van der Waals surface area contributed by atoms with Crippen LogP contribution in [0.4, 0.5) is 5.69 Å². The molecule has 1 fully saturated rings. The molecule has 1 aliphatic rings. The van der Waals surface area contributed by atoms with E-state index in [0.717, 1.165) is 28.6 Å². The standard InChI is InChI=1S/C21H21BrN4O3S/c1-15-12-16(4-9-19(15)22)24-21(27)20-13-25(14-23-20)17-5-7-18(8-6-17)30(28,29)26-10-2-3-11-26/h4-9,12-14H,2-3,10-11H2,1H3,(H,24,27). The smallest absolute Gasteiger partial charge is 0.275 e. The van der Waals surface area contributed by atoms with Crippen LogP contribution in [0, 0.1) is 6.92 Å². The number of hydrogen-bond acceptors (Lipinski definition) is 4. The van der Waals surface area contributed by atoms with Gasteiger partial charge in [0.15, 0.2) is 0 Å². The molecule has 4 rings (SSSR count). The predicted octanol–water partition coefficient (Wildman–Crippen LogP) is 3.98. The molecule has 1 aliphatic heterocycles. The largest absolute Gasteiger partial charge is 0.321 e. The van der Waals surface area contributed by atoms with Crippen LogP contribution >= 0.6 is 15.9 Å². The Morgan fingerprint density at radius 3 is 2.47 bits per heavy atom. The molecule has 0 saturated carbocycles. The van der Waals surface area contributed by atoms with Gasteiger partial charge in [0, 0.05) is 35.1 Å². The normalized spacial score (nSPS) is 14.7. The van der Waals surface area contributed by atoms with Gasteiger partial charge in [-0.1, -0.05) is 15.9 Å². The van der Waals surface area contributed by atoms with Crippen molar-refractivity contribution in [3.63, 3.8) is 0 Å². The van der Waals surface area contributed by atoms with Gasteiger partial charge in [-0.15, -0.1) is 0 Å². The summed E-state index contributed by atoms with van der Waals surface area (Å²) in [5, 5.41) is 2.83. The van der Waals surface area contributed by atoms with Crippen molar-refractivity contribution >= 4 is 37.5 Å². The Kier molecular flexibility index (Phi) is 5.77. The van der Waals surface area contributed by atoms with E-state index in [0.29, 0.717) is 18.8 Å². The van der Waals surface area contributed by atoms with E-state index >= 15 is 0 Å². The van der Waals surface area contributed by atoms with Crippen molar-refractivity contribution < 1.29 is 13.2 Å². The molecule has 1 saturated heterocycles. The van der Waals surface area contributed by atoms with Crippen LogP contribution in [0.2, 0.25) is 0 Å². The number of sulfonamides is 1. The Labute approximate surface area is 183 Å². The molecule has 0 bridgehead atoms. The summed E-state index contributed by atoms with van der Waals surface area (Å²) in [4.78, 5) is 17.0. The molecule has 2 heterocycles. The van der Waals surface area contributed by atoms with E-state index in [9.17, 15) is 13.2 Å². The molecule has 0 spiro atoms. The molecule has 1 aromatic heterocycles. The van der Waals surface area contributed by atoms with Crippen molar-refractivity contribution in [2.45, 2.75) is 24.7 Å². The van der Waals surface area contributed by atoms with E-state index < -0.39 is 10.0 Å². The Morgan fingerprint density at radius 1 is 1.10 bits per heavy atom. The Bertz CT molecular complexity index is 1180. The average Bonchev–Trinajstić information content (AvgIpc) is 3.43. The summed E-state index contributed by atoms with van der Waals surface area (Å²) >= 11 is 3.44. The molecule has 9 heteroatoms. The van der Waals surface area contributed by atoms with Gasteiger partial charge < -0.3 is 9.88 Å². The van der Waals surface area contributed by atoms with Gasteiger partial charge >= 0.3 is 0 Å². The molecule has 1 amide bonds. The minimum Gasteiger partial charge on any atom is -0.321 e. The molecule has 0 unspecified atom stereocenters. The maximum Gasteiger partial charge on any atom is 0.275 e. The summed E-state index contributed by atoms with van der Waals surface area (Å²) in [6.45, 7) is 3.09. The number of benzene rings is 2. The van der Waals surface area contributed by atoms with Gasteiger partial charge in [0.05, 0.1) is 4.90 Å². The number of imidazole rings is 1. The van der Waals surface area contributed by atoms with E-state index in [-0.39, 0.29) is 16.5 Å². The summed E-state index contributed by atoms with van der Waals surface area (Å²) in [6, 6.07) is 12.2. The van der Waals surface area contributed by atoms with Gasteiger partial charge in [0.1, 0.15) is 12.0 Å². The van der Waals surface area contributed by atoms with Crippen molar-refractivity contribution in [1.29, 1.82) is 0 Å². The van der Waals surface area contributed by atoms with Gasteiger partial charge in [0.25, 0.3) is 5.91 Å². The summed E-state index contributed by atoms with van der Waals surface area (Å²) in [5.74, 6) is -0.316. The molecule has 0 radical (unpaired) electrons. The first-order chi connectivity index (χ1) is 14.3. The summed E-state index contributed by atoms with van der Waals surface area (Å²) < 4.78 is 29.5. The van der Waals surface area contributed by atoms with E-state index in [1.165, 1.54) is 10.6 Å². The Morgan fingerprint density at radius 2 is 1.80 bits per heavy atom. The highest BCUT2D eigenvalue weighted by atomic mass is 79.9. The van der Waals surface area contributed by atoms with Gasteiger partial charge in [0.2, 0.25) is 10.0 Å². The zero-order valence-corrected chi connectivity index (χ0v) is 18.8. The first-order valence-electron chi connectivity index (χ1n) is 9.57. The van der Waals surface area contributed by atoms with Crippen molar-refractivity contribution in [2.75, 3.05) is 18.4 Å². The summed E-state index contributed by atoms with van der Waals surface area (Å²) in [7, 11) is -3.45. The van der Waals surface area contributed by atoms with Crippen LogP contribution in [0.5, 0.6) is 0 Å². The van der Waals surface area contributed by atoms with Gasteiger partial charge in [-0.3, -0.25) is 4.79 Å². The van der Waals surface area contributed by atoms with Crippen LogP contribution in [0.1, 0.15) is 28.9 Å². The molecular formula is C21H21BrN4O3S. The number of carbonyl (C=O) groups is 1. The number of aryl methyl sites for hydroxylation is 1. The fourth-order valence-electron chi connectivity index (χ4n) is 3.37. The lowest BCUT2D eigenvalue weighted by Gasteiger charge is -2.15. The molecule has 0 aliphatic carbocycles. The number of hydrogen-bond donors (Lipinski definition) is 1. The number of carbonyl (C=O) groups excluding carboxylic acids is 1. The van der Waals surface area contributed by atoms with Gasteiger partial charge in [-0.25, -0.2) is 13.4 Å². The number of nitrogens with one attached hydrogen (secondary N) is 1. The SMILES string of the molecule is Cc1cc(NC(=O)c2cn(-c3ccc(S(=O)(=O)N4CCCC4)cc3)cn2)ccc1Br. The maximum absolute atomic E-state index is 12.6. The fraction of sp³-hybridized carbons (Fsp3) is 0.238. The van der Waals surface area contributed by atoms with Crippen LogP contribution in [-0.2, 0) is 10.0 Å². The molecule has 7 nitrogen and oxygen atoms in total. The first-order valence-corrected chi connectivity index (χ1v) is 11.8. The fourth-order valence-corrected chi connectivity index (χ4v) is 5.13. The predicted molar refractivity (Wildman–Crippen MR) is 118 cm³/mol. The third kappa shape index (κ3) is 4.19. The van der Waals surface area contributed by atoms with Gasteiger partial charge in [-0.05, 0) is 67.8 Å². The number of halogens is 1. The number of rotatable bonds is 5. The van der Waals surface area contributed by atoms with Crippen molar-refractivity contribution in [3.8, 4) is 5.69 Å². The lowest BCUT2D eigenvalue weighted by atomic mass is 10.2. The molecule has 0 atom stereocenters. The highest BCUT2D eigenvalue weighted by molar-refractivity contribution is 9.10. The minimum atomic E-state index is -3.45. The Hall–Kier alpha value is -2.49. The highest BCUT2D eigenvalue weighted by Crippen LogP contribution is 2.23. The first kappa shape index (κ1) is 20.8. The second kappa shape index (κ2) is 8.33. The third-order valence-electron chi connectivity index (χ3n) is 5.07. The quantitative estimate of drug-likeness (QED) is 0.588. The minimum absolute atomic E-state index is 0.268.